The van der Waals surface area contributed by atoms with E-state index in [1.54, 1.807) is 45.8 Å². The van der Waals surface area contributed by atoms with Crippen LogP contribution in [0.1, 0.15) is 11.3 Å². The molecule has 0 atom stereocenters. The van der Waals surface area contributed by atoms with Gasteiger partial charge in [0.1, 0.15) is 11.5 Å². The molecule has 3 rings (SSSR count). The molecule has 0 radical (unpaired) electrons. The van der Waals surface area contributed by atoms with E-state index in [0.717, 1.165) is 22.9 Å². The van der Waals surface area contributed by atoms with Crippen LogP contribution in [0.4, 0.5) is 0 Å². The number of hydrogen-bond acceptors (Lipinski definition) is 9. The van der Waals surface area contributed by atoms with Crippen molar-refractivity contribution < 1.29 is 27.8 Å². The van der Waals surface area contributed by atoms with Crippen molar-refractivity contribution in [1.29, 1.82) is 0 Å². The Balaban J connectivity index is 1.57. The number of furan rings is 1. The number of thioether (sulfide) groups is 1. The number of aromatic nitrogens is 2. The summed E-state index contributed by atoms with van der Waals surface area (Å²) in [6, 6.07) is 5.23. The zero-order valence-corrected chi connectivity index (χ0v) is 17.3. The number of benzene rings is 1. The number of ether oxygens (including phenoxy) is 3. The van der Waals surface area contributed by atoms with Crippen molar-refractivity contribution in [2.24, 2.45) is 0 Å². The Morgan fingerprint density at radius 1 is 1.10 bits per heavy atom. The third-order valence-corrected chi connectivity index (χ3v) is 4.90. The van der Waals surface area contributed by atoms with Gasteiger partial charge in [0.15, 0.2) is 11.5 Å². The second kappa shape index (κ2) is 9.37. The molecule has 9 nitrogen and oxygen atoms in total. The number of carbonyl (C=O) groups is 1. The van der Waals surface area contributed by atoms with Gasteiger partial charge in [-0.05, 0) is 19.1 Å². The zero-order valence-electron chi connectivity index (χ0n) is 16.5. The topological polar surface area (TPSA) is 109 Å². The van der Waals surface area contributed by atoms with Gasteiger partial charge < -0.3 is 28.4 Å². The first kappa shape index (κ1) is 20.6. The number of carbonyl (C=O) groups excluding carboxylic acids is 1. The van der Waals surface area contributed by atoms with Gasteiger partial charge in [0.05, 0.1) is 38.9 Å². The quantitative estimate of drug-likeness (QED) is 0.523. The highest BCUT2D eigenvalue weighted by molar-refractivity contribution is 7.99. The highest BCUT2D eigenvalue weighted by Gasteiger charge is 2.16. The lowest BCUT2D eigenvalue weighted by atomic mass is 10.1. The number of hydrogen-bond donors (Lipinski definition) is 1. The maximum absolute atomic E-state index is 12.2. The van der Waals surface area contributed by atoms with E-state index in [1.807, 2.05) is 6.92 Å². The first-order valence-corrected chi connectivity index (χ1v) is 9.60. The number of nitrogens with zero attached hydrogens (tertiary/aromatic N) is 2. The molecule has 0 aliphatic rings. The maximum atomic E-state index is 12.2. The number of rotatable bonds is 9. The minimum Gasteiger partial charge on any atom is -0.496 e. The van der Waals surface area contributed by atoms with Crippen molar-refractivity contribution in [1.82, 2.24) is 15.5 Å². The average Bonchev–Trinajstić information content (AvgIpc) is 3.38. The highest BCUT2D eigenvalue weighted by Crippen LogP contribution is 2.34. The fourth-order valence-corrected chi connectivity index (χ4v) is 3.18. The molecule has 29 heavy (non-hydrogen) atoms. The zero-order chi connectivity index (χ0) is 20.8. The van der Waals surface area contributed by atoms with Crippen LogP contribution in [0.5, 0.6) is 17.2 Å². The van der Waals surface area contributed by atoms with Crippen LogP contribution in [0, 0.1) is 6.92 Å². The molecular weight excluding hydrogens is 398 g/mol. The van der Waals surface area contributed by atoms with Gasteiger partial charge in [0.25, 0.3) is 11.1 Å². The van der Waals surface area contributed by atoms with Gasteiger partial charge in [0, 0.05) is 18.2 Å². The molecule has 0 fully saturated rings. The summed E-state index contributed by atoms with van der Waals surface area (Å²) in [6.07, 6.45) is 1.55. The minimum absolute atomic E-state index is 0.127. The van der Waals surface area contributed by atoms with E-state index in [9.17, 15) is 4.79 Å². The highest BCUT2D eigenvalue weighted by atomic mass is 32.2. The predicted octanol–water partition coefficient (Wildman–Crippen LogP) is 3.07. The Bertz CT molecular complexity index is 984. The lowest BCUT2D eigenvalue weighted by Gasteiger charge is -2.14. The van der Waals surface area contributed by atoms with E-state index in [4.69, 9.17) is 23.0 Å². The Morgan fingerprint density at radius 3 is 2.48 bits per heavy atom. The van der Waals surface area contributed by atoms with Crippen molar-refractivity contribution >= 4 is 17.7 Å². The fourth-order valence-electron chi connectivity index (χ4n) is 2.59. The van der Waals surface area contributed by atoms with Gasteiger partial charge in [0.2, 0.25) is 5.91 Å². The smallest absolute Gasteiger partial charge is 0.277 e. The summed E-state index contributed by atoms with van der Waals surface area (Å²) in [6.45, 7) is 2.08. The molecule has 3 aromatic rings. The largest absolute Gasteiger partial charge is 0.496 e. The van der Waals surface area contributed by atoms with E-state index in [0.29, 0.717) is 34.1 Å². The van der Waals surface area contributed by atoms with E-state index in [2.05, 4.69) is 15.5 Å². The molecule has 1 amide bonds. The SMILES string of the molecule is COc1cc(OC)c(OC)cc1CNC(=O)CSc1nnc(-c2ccoc2C)o1. The van der Waals surface area contributed by atoms with E-state index < -0.39 is 0 Å². The molecule has 0 saturated heterocycles. The Labute approximate surface area is 171 Å². The third-order valence-electron chi connectivity index (χ3n) is 4.09. The molecule has 10 heteroatoms. The summed E-state index contributed by atoms with van der Waals surface area (Å²) in [5.74, 6) is 2.68. The number of aryl methyl sites for hydroxylation is 1. The molecule has 1 aromatic carbocycles. The van der Waals surface area contributed by atoms with Crippen LogP contribution in [-0.4, -0.2) is 43.2 Å². The summed E-state index contributed by atoms with van der Waals surface area (Å²) in [7, 11) is 4.65. The van der Waals surface area contributed by atoms with Crippen molar-refractivity contribution in [3.8, 4) is 28.7 Å². The van der Waals surface area contributed by atoms with Gasteiger partial charge in [-0.2, -0.15) is 0 Å². The third kappa shape index (κ3) is 4.83. The molecular formula is C19H21N3O6S. The maximum Gasteiger partial charge on any atom is 0.277 e. The number of nitrogens with one attached hydrogen (secondary N) is 1. The van der Waals surface area contributed by atoms with Crippen LogP contribution in [0.15, 0.2) is 38.5 Å². The minimum atomic E-state index is -0.189. The van der Waals surface area contributed by atoms with Crippen LogP contribution in [-0.2, 0) is 11.3 Å². The van der Waals surface area contributed by atoms with E-state index in [-0.39, 0.29) is 18.2 Å². The molecule has 0 bridgehead atoms. The van der Waals surface area contributed by atoms with Crippen LogP contribution < -0.4 is 19.5 Å². The van der Waals surface area contributed by atoms with Gasteiger partial charge >= 0.3 is 0 Å². The van der Waals surface area contributed by atoms with Gasteiger partial charge in [-0.25, -0.2) is 0 Å². The van der Waals surface area contributed by atoms with Gasteiger partial charge in [-0.15, -0.1) is 10.2 Å². The molecule has 0 saturated carbocycles. The first-order valence-electron chi connectivity index (χ1n) is 8.62. The van der Waals surface area contributed by atoms with Crippen molar-refractivity contribution in [3.05, 3.63) is 35.8 Å². The summed E-state index contributed by atoms with van der Waals surface area (Å²) < 4.78 is 26.7. The predicted molar refractivity (Wildman–Crippen MR) is 105 cm³/mol. The Kier molecular flexibility index (Phi) is 6.65. The molecule has 0 aliphatic heterocycles. The second-order valence-electron chi connectivity index (χ2n) is 5.85. The summed E-state index contributed by atoms with van der Waals surface area (Å²) in [4.78, 5) is 12.2. The molecule has 2 aromatic heterocycles. The average molecular weight is 419 g/mol. The second-order valence-corrected chi connectivity index (χ2v) is 6.77. The number of methoxy groups -OCH3 is 3. The van der Waals surface area contributed by atoms with E-state index >= 15 is 0 Å². The lowest BCUT2D eigenvalue weighted by Crippen LogP contribution is -2.24. The summed E-state index contributed by atoms with van der Waals surface area (Å²) in [5.41, 5.74) is 1.49. The van der Waals surface area contributed by atoms with Crippen molar-refractivity contribution in [2.75, 3.05) is 27.1 Å². The van der Waals surface area contributed by atoms with Crippen LogP contribution in [0.2, 0.25) is 0 Å². The summed E-state index contributed by atoms with van der Waals surface area (Å²) in [5, 5.41) is 11.1. The molecule has 0 aliphatic carbocycles. The normalized spacial score (nSPS) is 10.6. The van der Waals surface area contributed by atoms with Crippen LogP contribution >= 0.6 is 11.8 Å². The van der Waals surface area contributed by atoms with Crippen molar-refractivity contribution in [2.45, 2.75) is 18.7 Å². The first-order chi connectivity index (χ1) is 14.0. The molecule has 2 heterocycles. The molecule has 0 spiro atoms. The lowest BCUT2D eigenvalue weighted by molar-refractivity contribution is -0.118. The van der Waals surface area contributed by atoms with Crippen LogP contribution in [0.25, 0.3) is 11.5 Å². The van der Waals surface area contributed by atoms with E-state index in [1.165, 1.54) is 0 Å². The molecule has 154 valence electrons. The number of amides is 1. The standard InChI is InChI=1S/C19H21N3O6S/c1-11-13(5-6-27-11)18-21-22-19(28-18)29-10-17(23)20-9-12-7-15(25-3)16(26-4)8-14(12)24-2/h5-8H,9-10H2,1-4H3,(H,20,23). The monoisotopic (exact) mass is 419 g/mol. The van der Waals surface area contributed by atoms with Crippen molar-refractivity contribution in [3.63, 3.8) is 0 Å². The summed E-state index contributed by atoms with van der Waals surface area (Å²) >= 11 is 1.15. The van der Waals surface area contributed by atoms with Gasteiger partial charge in [-0.1, -0.05) is 11.8 Å². The molecule has 1 N–H and O–H groups in total. The Morgan fingerprint density at radius 2 is 1.83 bits per heavy atom. The molecule has 0 unspecified atom stereocenters. The van der Waals surface area contributed by atoms with Crippen LogP contribution in [0.3, 0.4) is 0 Å². The Hall–Kier alpha value is -3.14. The fraction of sp³-hybridized carbons (Fsp3) is 0.316. The van der Waals surface area contributed by atoms with Gasteiger partial charge in [-0.3, -0.25) is 4.79 Å².